The van der Waals surface area contributed by atoms with E-state index < -0.39 is 0 Å². The van der Waals surface area contributed by atoms with Crippen LogP contribution in [0.1, 0.15) is 31.2 Å². The van der Waals surface area contributed by atoms with Crippen LogP contribution in [0.3, 0.4) is 0 Å². The first-order chi connectivity index (χ1) is 7.24. The average molecular weight is 290 g/mol. The molecule has 2 rings (SSSR count). The SMILES string of the molecule is OC1CCCC(NCc2csc(Br)c2)C1. The molecule has 1 fully saturated rings. The summed E-state index contributed by atoms with van der Waals surface area (Å²) >= 11 is 5.18. The van der Waals surface area contributed by atoms with Crippen molar-refractivity contribution in [2.24, 2.45) is 0 Å². The molecular formula is C11H16BrNOS. The minimum Gasteiger partial charge on any atom is -0.393 e. The van der Waals surface area contributed by atoms with Crippen LogP contribution in [0, 0.1) is 0 Å². The highest BCUT2D eigenvalue weighted by atomic mass is 79.9. The minimum atomic E-state index is -0.0922. The Labute approximate surface area is 103 Å². The molecule has 0 saturated heterocycles. The third kappa shape index (κ3) is 3.55. The largest absolute Gasteiger partial charge is 0.393 e. The van der Waals surface area contributed by atoms with Gasteiger partial charge in [-0.05, 0) is 58.6 Å². The number of nitrogens with one attached hydrogen (secondary N) is 1. The van der Waals surface area contributed by atoms with E-state index in [1.165, 1.54) is 15.8 Å². The maximum Gasteiger partial charge on any atom is 0.0701 e. The lowest BCUT2D eigenvalue weighted by atomic mass is 9.93. The second kappa shape index (κ2) is 5.43. The van der Waals surface area contributed by atoms with Crippen LogP contribution in [0.5, 0.6) is 0 Å². The molecule has 0 aliphatic heterocycles. The highest BCUT2D eigenvalue weighted by Crippen LogP contribution is 2.22. The van der Waals surface area contributed by atoms with Gasteiger partial charge in [-0.3, -0.25) is 0 Å². The van der Waals surface area contributed by atoms with Crippen LogP contribution in [0.4, 0.5) is 0 Å². The normalized spacial score (nSPS) is 26.8. The van der Waals surface area contributed by atoms with Crippen molar-refractivity contribution >= 4 is 27.3 Å². The molecule has 0 aromatic carbocycles. The van der Waals surface area contributed by atoms with Gasteiger partial charge >= 0.3 is 0 Å². The summed E-state index contributed by atoms with van der Waals surface area (Å²) in [5.74, 6) is 0. The lowest BCUT2D eigenvalue weighted by Gasteiger charge is -2.26. The van der Waals surface area contributed by atoms with E-state index in [2.05, 4.69) is 32.7 Å². The van der Waals surface area contributed by atoms with Gasteiger partial charge < -0.3 is 10.4 Å². The number of halogens is 1. The molecule has 1 saturated carbocycles. The second-order valence-corrected chi connectivity index (χ2v) is 6.45. The monoisotopic (exact) mass is 289 g/mol. The maximum atomic E-state index is 9.54. The van der Waals surface area contributed by atoms with Crippen LogP contribution >= 0.6 is 27.3 Å². The van der Waals surface area contributed by atoms with Crippen molar-refractivity contribution in [2.75, 3.05) is 0 Å². The number of hydrogen-bond acceptors (Lipinski definition) is 3. The Balaban J connectivity index is 1.77. The first-order valence-electron chi connectivity index (χ1n) is 5.38. The van der Waals surface area contributed by atoms with E-state index in [1.807, 2.05) is 0 Å². The molecule has 15 heavy (non-hydrogen) atoms. The number of rotatable bonds is 3. The molecule has 2 atom stereocenters. The van der Waals surface area contributed by atoms with Crippen molar-refractivity contribution in [3.63, 3.8) is 0 Å². The molecule has 2 N–H and O–H groups in total. The lowest BCUT2D eigenvalue weighted by molar-refractivity contribution is 0.111. The third-order valence-electron chi connectivity index (χ3n) is 2.86. The molecule has 1 heterocycles. The van der Waals surface area contributed by atoms with Gasteiger partial charge in [-0.1, -0.05) is 0 Å². The number of hydrogen-bond donors (Lipinski definition) is 2. The van der Waals surface area contributed by atoms with Gasteiger partial charge in [0, 0.05) is 12.6 Å². The van der Waals surface area contributed by atoms with E-state index in [-0.39, 0.29) is 6.10 Å². The van der Waals surface area contributed by atoms with Crippen LogP contribution in [-0.2, 0) is 6.54 Å². The Hall–Kier alpha value is 0.100. The Kier molecular flexibility index (Phi) is 4.20. The summed E-state index contributed by atoms with van der Waals surface area (Å²) in [6, 6.07) is 2.64. The number of thiophene rings is 1. The first-order valence-corrected chi connectivity index (χ1v) is 7.05. The van der Waals surface area contributed by atoms with Crippen molar-refractivity contribution in [3.05, 3.63) is 20.8 Å². The molecule has 1 aromatic rings. The summed E-state index contributed by atoms with van der Waals surface area (Å²) < 4.78 is 1.18. The zero-order valence-electron chi connectivity index (χ0n) is 8.58. The zero-order valence-corrected chi connectivity index (χ0v) is 11.0. The molecule has 4 heteroatoms. The number of aliphatic hydroxyl groups excluding tert-OH is 1. The fourth-order valence-electron chi connectivity index (χ4n) is 2.05. The summed E-state index contributed by atoms with van der Waals surface area (Å²) in [7, 11) is 0. The summed E-state index contributed by atoms with van der Waals surface area (Å²) in [6.07, 6.45) is 4.13. The molecule has 0 bridgehead atoms. The first kappa shape index (κ1) is 11.6. The lowest BCUT2D eigenvalue weighted by Crippen LogP contribution is -2.35. The van der Waals surface area contributed by atoms with Crippen LogP contribution < -0.4 is 5.32 Å². The molecule has 1 aromatic heterocycles. The van der Waals surface area contributed by atoms with Crippen molar-refractivity contribution in [1.82, 2.24) is 5.32 Å². The predicted molar refractivity (Wildman–Crippen MR) is 67.1 cm³/mol. The van der Waals surface area contributed by atoms with E-state index >= 15 is 0 Å². The zero-order chi connectivity index (χ0) is 10.7. The van der Waals surface area contributed by atoms with Crippen molar-refractivity contribution < 1.29 is 5.11 Å². The van der Waals surface area contributed by atoms with Crippen LogP contribution in [0.15, 0.2) is 15.2 Å². The average Bonchev–Trinajstić information content (AvgIpc) is 2.62. The molecule has 1 aliphatic carbocycles. The fourth-order valence-corrected chi connectivity index (χ4v) is 3.26. The summed E-state index contributed by atoms with van der Waals surface area (Å²) in [5.41, 5.74) is 1.33. The van der Waals surface area contributed by atoms with Gasteiger partial charge in [-0.25, -0.2) is 0 Å². The Morgan fingerprint density at radius 2 is 2.40 bits per heavy atom. The molecule has 84 valence electrons. The Morgan fingerprint density at radius 1 is 1.53 bits per heavy atom. The minimum absolute atomic E-state index is 0.0922. The van der Waals surface area contributed by atoms with Gasteiger partial charge in [-0.2, -0.15) is 0 Å². The summed E-state index contributed by atoms with van der Waals surface area (Å²) in [6.45, 7) is 0.916. The molecule has 2 nitrogen and oxygen atoms in total. The van der Waals surface area contributed by atoms with Gasteiger partial charge in [0.15, 0.2) is 0 Å². The van der Waals surface area contributed by atoms with Crippen LogP contribution in [-0.4, -0.2) is 17.3 Å². The molecule has 1 aliphatic rings. The highest BCUT2D eigenvalue weighted by molar-refractivity contribution is 9.11. The fraction of sp³-hybridized carbons (Fsp3) is 0.636. The van der Waals surface area contributed by atoms with E-state index in [0.29, 0.717) is 6.04 Å². The van der Waals surface area contributed by atoms with E-state index in [1.54, 1.807) is 11.3 Å². The van der Waals surface area contributed by atoms with Crippen LogP contribution in [0.25, 0.3) is 0 Å². The van der Waals surface area contributed by atoms with E-state index in [9.17, 15) is 5.11 Å². The second-order valence-electron chi connectivity index (χ2n) is 4.16. The van der Waals surface area contributed by atoms with Gasteiger partial charge in [0.1, 0.15) is 0 Å². The van der Waals surface area contributed by atoms with Crippen molar-refractivity contribution in [1.29, 1.82) is 0 Å². The quantitative estimate of drug-likeness (QED) is 0.897. The standard InChI is InChI=1S/C11H16BrNOS/c12-11-4-8(7-15-11)6-13-9-2-1-3-10(14)5-9/h4,7,9-10,13-14H,1-3,5-6H2. The van der Waals surface area contributed by atoms with Crippen molar-refractivity contribution in [3.8, 4) is 0 Å². The van der Waals surface area contributed by atoms with Crippen LogP contribution in [0.2, 0.25) is 0 Å². The molecule has 0 radical (unpaired) electrons. The van der Waals surface area contributed by atoms with Gasteiger partial charge in [0.2, 0.25) is 0 Å². The predicted octanol–water partition coefficient (Wildman–Crippen LogP) is 2.90. The van der Waals surface area contributed by atoms with Crippen molar-refractivity contribution in [2.45, 2.75) is 44.4 Å². The summed E-state index contributed by atoms with van der Waals surface area (Å²) in [4.78, 5) is 0. The Bertz CT molecular complexity index is 315. The smallest absolute Gasteiger partial charge is 0.0701 e. The molecular weight excluding hydrogens is 274 g/mol. The highest BCUT2D eigenvalue weighted by Gasteiger charge is 2.19. The Morgan fingerprint density at radius 3 is 3.07 bits per heavy atom. The van der Waals surface area contributed by atoms with Gasteiger partial charge in [0.25, 0.3) is 0 Å². The van der Waals surface area contributed by atoms with E-state index in [0.717, 1.165) is 25.8 Å². The third-order valence-corrected chi connectivity index (χ3v) is 4.42. The molecule has 0 amide bonds. The molecule has 0 spiro atoms. The topological polar surface area (TPSA) is 32.3 Å². The molecule has 2 unspecified atom stereocenters. The van der Waals surface area contributed by atoms with Gasteiger partial charge in [-0.15, -0.1) is 11.3 Å². The maximum absolute atomic E-state index is 9.54. The number of aliphatic hydroxyl groups is 1. The van der Waals surface area contributed by atoms with Gasteiger partial charge in [0.05, 0.1) is 9.89 Å². The van der Waals surface area contributed by atoms with E-state index in [4.69, 9.17) is 0 Å². The summed E-state index contributed by atoms with van der Waals surface area (Å²) in [5, 5.41) is 15.2.